The Morgan fingerprint density at radius 3 is 1.00 bits per heavy atom. The number of nitrogens with zero attached hydrogens (tertiary/aromatic N) is 3. The van der Waals surface area contributed by atoms with Gasteiger partial charge in [-0.05, 0) is 38.5 Å². The van der Waals surface area contributed by atoms with Crippen LogP contribution in [0.4, 0.5) is 0 Å². The lowest BCUT2D eigenvalue weighted by Gasteiger charge is -2.28. The molecule has 1 aliphatic rings. The van der Waals surface area contributed by atoms with Gasteiger partial charge in [0.15, 0.2) is 0 Å². The van der Waals surface area contributed by atoms with Gasteiger partial charge < -0.3 is 40.6 Å². The van der Waals surface area contributed by atoms with Gasteiger partial charge in [0.05, 0.1) is 18.9 Å². The van der Waals surface area contributed by atoms with Crippen LogP contribution >= 0.6 is 22.1 Å². The van der Waals surface area contributed by atoms with Crippen LogP contribution in [0.5, 0.6) is 0 Å². The molecule has 0 aromatic carbocycles. The van der Waals surface area contributed by atoms with Gasteiger partial charge in [-0.25, -0.2) is 0 Å². The van der Waals surface area contributed by atoms with E-state index >= 15 is 0 Å². The molecule has 2 amide bonds. The highest BCUT2D eigenvalue weighted by Gasteiger charge is 2.30. The van der Waals surface area contributed by atoms with Crippen LogP contribution in [0.25, 0.3) is 0 Å². The summed E-state index contributed by atoms with van der Waals surface area (Å²) in [6.45, 7) is 1.83. The first-order valence-electron chi connectivity index (χ1n) is 21.0. The number of amides is 2. The predicted octanol–water partition coefficient (Wildman–Crippen LogP) is 3.28. The first kappa shape index (κ1) is 55.5. The number of ketones is 1. The molecule has 1 aliphatic heterocycles. The van der Waals surface area contributed by atoms with E-state index in [0.717, 1.165) is 0 Å². The van der Waals surface area contributed by atoms with Gasteiger partial charge in [-0.15, -0.1) is 0 Å². The standard InChI is InChI=1S/C37H70N5O15P3/c43-32(11-5-1-2-6-12-35(46)47)15-26-58(52,53)29-40-20-22-41(30-59(54,55)27-16-33(44)38-18-9-3-7-13-36(48)49)24-25-42(23-21-40)31-60(56,57)28-17-34(45)39-19-10-4-8-14-37(50)51/h1-31H2,(H,38,44)(H,39,45)(H,46,47)(H,48,49)(H,50,51)(H,52,53)(H,54,55)(H,56,57). The SMILES string of the molecule is O=C(O)CCCCCCC(=O)CCP(=O)(O)CN1CCN(CP(=O)(O)CCC(=O)NCCCCCC(=O)O)CCN(CP(=O)(O)CCC(=O)NCCCCCC(=O)O)CC1. The highest BCUT2D eigenvalue weighted by Crippen LogP contribution is 2.44. The Labute approximate surface area is 353 Å². The lowest BCUT2D eigenvalue weighted by atomic mass is 10.1. The third-order valence-corrected chi connectivity index (χ3v) is 15.2. The fourth-order valence-electron chi connectivity index (χ4n) is 6.48. The average Bonchev–Trinajstić information content (AvgIpc) is 3.23. The van der Waals surface area contributed by atoms with Crippen LogP contribution in [0, 0.1) is 0 Å². The van der Waals surface area contributed by atoms with Crippen LogP contribution in [0.3, 0.4) is 0 Å². The molecule has 348 valence electrons. The summed E-state index contributed by atoms with van der Waals surface area (Å²) in [4.78, 5) is 107. The summed E-state index contributed by atoms with van der Waals surface area (Å²) < 4.78 is 40.0. The van der Waals surface area contributed by atoms with E-state index in [4.69, 9.17) is 15.3 Å². The van der Waals surface area contributed by atoms with E-state index in [-0.39, 0.29) is 127 Å². The first-order valence-corrected chi connectivity index (χ1v) is 27.1. The molecule has 1 heterocycles. The fraction of sp³-hybridized carbons (Fsp3) is 0.838. The van der Waals surface area contributed by atoms with Crippen molar-refractivity contribution in [3.05, 3.63) is 0 Å². The highest BCUT2D eigenvalue weighted by molar-refractivity contribution is 7.58. The Balaban J connectivity index is 2.87. The van der Waals surface area contributed by atoms with Gasteiger partial charge in [0, 0.05) is 116 Å². The second-order valence-corrected chi connectivity index (χ2v) is 23.0. The minimum absolute atomic E-state index is 0.0356. The molecule has 23 heteroatoms. The number of hydrogen-bond acceptors (Lipinski definition) is 12. The molecule has 0 aliphatic carbocycles. The van der Waals surface area contributed by atoms with Gasteiger partial charge in [-0.3, -0.25) is 57.2 Å². The van der Waals surface area contributed by atoms with Gasteiger partial charge in [-0.2, -0.15) is 0 Å². The number of unbranched alkanes of at least 4 members (excludes halogenated alkanes) is 7. The van der Waals surface area contributed by atoms with Crippen molar-refractivity contribution in [3.8, 4) is 0 Å². The maximum Gasteiger partial charge on any atom is 0.303 e. The largest absolute Gasteiger partial charge is 0.481 e. The molecule has 0 saturated carbocycles. The number of rotatable bonds is 34. The number of carboxylic acids is 3. The molecule has 8 N–H and O–H groups in total. The molecule has 60 heavy (non-hydrogen) atoms. The minimum atomic E-state index is -3.91. The van der Waals surface area contributed by atoms with Gasteiger partial charge in [0.1, 0.15) is 5.78 Å². The third-order valence-electron chi connectivity index (χ3n) is 9.95. The maximum absolute atomic E-state index is 13.4. The van der Waals surface area contributed by atoms with Crippen molar-refractivity contribution >= 4 is 57.6 Å². The quantitative estimate of drug-likeness (QED) is 0.0339. The Bertz CT molecular complexity index is 1320. The molecule has 0 radical (unpaired) electrons. The Kier molecular flexibility index (Phi) is 28.2. The lowest BCUT2D eigenvalue weighted by molar-refractivity contribution is -0.138. The summed E-state index contributed by atoms with van der Waals surface area (Å²) in [6.07, 6.45) is 3.80. The van der Waals surface area contributed by atoms with Crippen LogP contribution in [0.15, 0.2) is 0 Å². The maximum atomic E-state index is 13.4. The van der Waals surface area contributed by atoms with Crippen LogP contribution in [0.2, 0.25) is 0 Å². The van der Waals surface area contributed by atoms with Gasteiger partial charge >= 0.3 is 17.9 Å². The zero-order valence-corrected chi connectivity index (χ0v) is 37.6. The molecule has 0 bridgehead atoms. The molecule has 0 aromatic rings. The first-order chi connectivity index (χ1) is 28.2. The molecule has 20 nitrogen and oxygen atoms in total. The van der Waals surface area contributed by atoms with E-state index < -0.39 is 51.8 Å². The molecule has 1 rings (SSSR count). The smallest absolute Gasteiger partial charge is 0.303 e. The molecular weight excluding hydrogens is 847 g/mol. The van der Waals surface area contributed by atoms with Crippen molar-refractivity contribution in [2.45, 2.75) is 109 Å². The number of carbonyl (C=O) groups excluding carboxylic acids is 3. The normalized spacial score (nSPS) is 17.5. The van der Waals surface area contributed by atoms with Crippen molar-refractivity contribution in [1.29, 1.82) is 0 Å². The summed E-state index contributed by atoms with van der Waals surface area (Å²) in [5.74, 6) is -3.67. The van der Waals surface area contributed by atoms with Gasteiger partial charge in [-0.1, -0.05) is 25.7 Å². The van der Waals surface area contributed by atoms with Crippen LogP contribution in [-0.4, -0.2) is 170 Å². The molecule has 0 aromatic heterocycles. The summed E-state index contributed by atoms with van der Waals surface area (Å²) in [7, 11) is -11.7. The number of aliphatic carboxylic acids is 3. The minimum Gasteiger partial charge on any atom is -0.481 e. The second-order valence-electron chi connectivity index (χ2n) is 15.7. The van der Waals surface area contributed by atoms with E-state index in [0.29, 0.717) is 77.3 Å². The van der Waals surface area contributed by atoms with Crippen molar-refractivity contribution in [1.82, 2.24) is 25.3 Å². The number of carboxylic acid groups (broad SMARTS) is 3. The van der Waals surface area contributed by atoms with E-state index in [1.807, 2.05) is 0 Å². The fourth-order valence-corrected chi connectivity index (χ4v) is 11.3. The topological polar surface area (TPSA) is 309 Å². The Morgan fingerprint density at radius 1 is 0.400 bits per heavy atom. The van der Waals surface area contributed by atoms with E-state index in [2.05, 4.69) is 10.6 Å². The third kappa shape index (κ3) is 31.3. The average molecular weight is 918 g/mol. The Hall–Kier alpha value is -2.53. The number of Topliss-reactive ketones (excluding diaryl/α,β-unsaturated/α-hetero) is 1. The Morgan fingerprint density at radius 2 is 0.683 bits per heavy atom. The summed E-state index contributed by atoms with van der Waals surface area (Å²) >= 11 is 0. The van der Waals surface area contributed by atoms with Crippen LogP contribution in [0.1, 0.15) is 109 Å². The molecule has 3 unspecified atom stereocenters. The predicted molar refractivity (Wildman–Crippen MR) is 226 cm³/mol. The summed E-state index contributed by atoms with van der Waals surface area (Å²) in [6, 6.07) is 0. The highest BCUT2D eigenvalue weighted by atomic mass is 31.2. The number of nitrogens with one attached hydrogen (secondary N) is 2. The lowest BCUT2D eigenvalue weighted by Crippen LogP contribution is -2.37. The zero-order valence-electron chi connectivity index (χ0n) is 35.0. The second kappa shape index (κ2) is 30.5. The van der Waals surface area contributed by atoms with Gasteiger partial charge in [0.2, 0.25) is 33.9 Å². The summed E-state index contributed by atoms with van der Waals surface area (Å²) in [5.41, 5.74) is 0. The number of carbonyl (C=O) groups is 6. The molecule has 1 saturated heterocycles. The van der Waals surface area contributed by atoms with E-state index in [9.17, 15) is 57.1 Å². The molecule has 3 atom stereocenters. The molecule has 0 spiro atoms. The van der Waals surface area contributed by atoms with Crippen molar-refractivity contribution in [2.24, 2.45) is 0 Å². The van der Waals surface area contributed by atoms with Crippen LogP contribution in [-0.2, 0) is 42.5 Å². The van der Waals surface area contributed by atoms with Crippen molar-refractivity contribution in [3.63, 3.8) is 0 Å². The number of hydrogen-bond donors (Lipinski definition) is 8. The zero-order chi connectivity index (χ0) is 45.0. The van der Waals surface area contributed by atoms with Crippen molar-refractivity contribution < 1.29 is 72.5 Å². The van der Waals surface area contributed by atoms with Crippen molar-refractivity contribution in [2.75, 3.05) is 89.7 Å². The molecular formula is C37H70N5O15P3. The van der Waals surface area contributed by atoms with E-state index in [1.54, 1.807) is 14.7 Å². The summed E-state index contributed by atoms with van der Waals surface area (Å²) in [5, 5.41) is 31.6. The monoisotopic (exact) mass is 917 g/mol. The molecule has 1 fully saturated rings. The van der Waals surface area contributed by atoms with Gasteiger partial charge in [0.25, 0.3) is 0 Å². The van der Waals surface area contributed by atoms with E-state index in [1.165, 1.54) is 0 Å². The van der Waals surface area contributed by atoms with Crippen LogP contribution < -0.4 is 10.6 Å².